The molecule has 5 nitrogen and oxygen atoms in total. The van der Waals surface area contributed by atoms with Crippen LogP contribution in [0.3, 0.4) is 0 Å². The van der Waals surface area contributed by atoms with Gasteiger partial charge in [-0.2, -0.15) is 0 Å². The number of aromatic nitrogens is 1. The zero-order chi connectivity index (χ0) is 15.4. The molecule has 1 heterocycles. The molecule has 0 unspecified atom stereocenters. The molecule has 0 atom stereocenters. The third-order valence-corrected chi connectivity index (χ3v) is 2.88. The van der Waals surface area contributed by atoms with Crippen LogP contribution in [0, 0.1) is 0 Å². The molecule has 0 spiro atoms. The molecule has 0 aliphatic rings. The molecule has 1 aromatic carbocycles. The molecule has 0 radical (unpaired) electrons. The summed E-state index contributed by atoms with van der Waals surface area (Å²) >= 11 is 5.90. The highest BCUT2D eigenvalue weighted by Gasteiger charge is 2.15. The fourth-order valence-corrected chi connectivity index (χ4v) is 2.08. The van der Waals surface area contributed by atoms with Crippen LogP contribution in [0.15, 0.2) is 30.3 Å². The summed E-state index contributed by atoms with van der Waals surface area (Å²) in [7, 11) is 0. The number of nitrogens with zero attached hydrogens (tertiary/aromatic N) is 1. The quantitative estimate of drug-likeness (QED) is 0.696. The number of esters is 1. The van der Waals surface area contributed by atoms with E-state index in [0.29, 0.717) is 16.5 Å². The Morgan fingerprint density at radius 1 is 1.33 bits per heavy atom. The van der Waals surface area contributed by atoms with Gasteiger partial charge in [-0.15, -0.1) is 0 Å². The van der Waals surface area contributed by atoms with E-state index in [1.165, 1.54) is 6.07 Å². The van der Waals surface area contributed by atoms with Crippen LogP contribution in [-0.2, 0) is 9.53 Å². The van der Waals surface area contributed by atoms with Gasteiger partial charge in [0.25, 0.3) is 5.91 Å². The average molecular weight is 307 g/mol. The Morgan fingerprint density at radius 2 is 2.05 bits per heavy atom. The summed E-state index contributed by atoms with van der Waals surface area (Å²) in [6.45, 7) is 3.33. The number of ether oxygens (including phenoxy) is 1. The number of nitrogens with one attached hydrogen (secondary N) is 1. The van der Waals surface area contributed by atoms with Crippen LogP contribution in [0.5, 0.6) is 0 Å². The number of fused-ring (bicyclic) bond motifs is 1. The first-order chi connectivity index (χ1) is 9.97. The lowest BCUT2D eigenvalue weighted by Gasteiger charge is -2.10. The summed E-state index contributed by atoms with van der Waals surface area (Å²) < 4.78 is 5.02. The highest BCUT2D eigenvalue weighted by molar-refractivity contribution is 6.30. The maximum absolute atomic E-state index is 12.1. The number of benzene rings is 1. The summed E-state index contributed by atoms with van der Waals surface area (Å²) in [4.78, 5) is 27.7. The molecule has 1 N–H and O–H groups in total. The van der Waals surface area contributed by atoms with Crippen molar-refractivity contribution < 1.29 is 14.3 Å². The predicted octanol–water partition coefficient (Wildman–Crippen LogP) is 2.57. The molecule has 0 aliphatic heterocycles. The summed E-state index contributed by atoms with van der Waals surface area (Å²) in [6, 6.07) is 8.53. The van der Waals surface area contributed by atoms with Crippen molar-refractivity contribution in [3.05, 3.63) is 41.0 Å². The van der Waals surface area contributed by atoms with E-state index in [9.17, 15) is 9.59 Å². The van der Waals surface area contributed by atoms with Gasteiger partial charge in [-0.1, -0.05) is 29.8 Å². The molecule has 2 rings (SSSR count). The van der Waals surface area contributed by atoms with E-state index in [1.54, 1.807) is 24.3 Å². The van der Waals surface area contributed by atoms with E-state index < -0.39 is 5.97 Å². The van der Waals surface area contributed by atoms with Gasteiger partial charge in [0.1, 0.15) is 5.15 Å². The fourth-order valence-electron chi connectivity index (χ4n) is 1.88. The van der Waals surface area contributed by atoms with E-state index >= 15 is 0 Å². The van der Waals surface area contributed by atoms with Crippen molar-refractivity contribution in [1.82, 2.24) is 10.3 Å². The molecule has 0 bridgehead atoms. The second-order valence-corrected chi connectivity index (χ2v) is 5.20. The van der Waals surface area contributed by atoms with Gasteiger partial charge in [-0.25, -0.2) is 9.78 Å². The lowest BCUT2D eigenvalue weighted by Crippen LogP contribution is -2.34. The summed E-state index contributed by atoms with van der Waals surface area (Å²) in [6.07, 6.45) is 0. The van der Waals surface area contributed by atoms with E-state index in [0.717, 1.165) is 0 Å². The van der Waals surface area contributed by atoms with E-state index in [-0.39, 0.29) is 23.7 Å². The number of carbonyl (C=O) groups excluding carboxylic acids is 2. The number of halogens is 1. The van der Waals surface area contributed by atoms with Crippen molar-refractivity contribution in [3.63, 3.8) is 0 Å². The van der Waals surface area contributed by atoms with Crippen LogP contribution < -0.4 is 5.32 Å². The van der Waals surface area contributed by atoms with Crippen LogP contribution in [0.1, 0.15) is 24.2 Å². The van der Waals surface area contributed by atoms with E-state index in [1.807, 2.05) is 13.8 Å². The standard InChI is InChI=1S/C15H15ClN2O3/c1-9(2)17-14(19)8-21-15(20)11-7-13(16)18-12-6-4-3-5-10(11)12/h3-7,9H,8H2,1-2H3,(H,17,19). The molecule has 110 valence electrons. The van der Waals surface area contributed by atoms with E-state index in [4.69, 9.17) is 16.3 Å². The maximum atomic E-state index is 12.1. The predicted molar refractivity (Wildman–Crippen MR) is 80.3 cm³/mol. The monoisotopic (exact) mass is 306 g/mol. The van der Waals surface area contributed by atoms with Gasteiger partial charge in [0.05, 0.1) is 11.1 Å². The number of hydrogen-bond donors (Lipinski definition) is 1. The molecule has 21 heavy (non-hydrogen) atoms. The Balaban J connectivity index is 2.18. The summed E-state index contributed by atoms with van der Waals surface area (Å²) in [5.41, 5.74) is 0.895. The Hall–Kier alpha value is -2.14. The van der Waals surface area contributed by atoms with Crippen molar-refractivity contribution >= 4 is 34.4 Å². The number of rotatable bonds is 4. The summed E-state index contributed by atoms with van der Waals surface area (Å²) in [5.74, 6) is -0.947. The molecule has 1 aromatic heterocycles. The first-order valence-electron chi connectivity index (χ1n) is 6.49. The van der Waals surface area contributed by atoms with Crippen LogP contribution in [0.2, 0.25) is 5.15 Å². The third-order valence-electron chi connectivity index (χ3n) is 2.69. The van der Waals surface area contributed by atoms with Crippen molar-refractivity contribution in [2.45, 2.75) is 19.9 Å². The Kier molecular flexibility index (Phi) is 4.75. The van der Waals surface area contributed by atoms with Crippen molar-refractivity contribution in [3.8, 4) is 0 Å². The second kappa shape index (κ2) is 6.54. The highest BCUT2D eigenvalue weighted by atomic mass is 35.5. The largest absolute Gasteiger partial charge is 0.452 e. The Labute approximate surface area is 127 Å². The number of hydrogen-bond acceptors (Lipinski definition) is 4. The average Bonchev–Trinajstić information content (AvgIpc) is 2.43. The highest BCUT2D eigenvalue weighted by Crippen LogP contribution is 2.21. The molecule has 0 aliphatic carbocycles. The third kappa shape index (κ3) is 3.92. The maximum Gasteiger partial charge on any atom is 0.339 e. The zero-order valence-corrected chi connectivity index (χ0v) is 12.5. The number of pyridine rings is 1. The van der Waals surface area contributed by atoms with E-state index in [2.05, 4.69) is 10.3 Å². The van der Waals surface area contributed by atoms with Crippen molar-refractivity contribution in [1.29, 1.82) is 0 Å². The minimum absolute atomic E-state index is 0.00704. The first-order valence-corrected chi connectivity index (χ1v) is 6.87. The summed E-state index contributed by atoms with van der Waals surface area (Å²) in [5, 5.41) is 3.48. The molecular weight excluding hydrogens is 292 g/mol. The fraction of sp³-hybridized carbons (Fsp3) is 0.267. The smallest absolute Gasteiger partial charge is 0.339 e. The van der Waals surface area contributed by atoms with Gasteiger partial charge in [-0.3, -0.25) is 4.79 Å². The van der Waals surface area contributed by atoms with Gasteiger partial charge in [0.15, 0.2) is 6.61 Å². The first kappa shape index (κ1) is 15.3. The Morgan fingerprint density at radius 3 is 2.76 bits per heavy atom. The molecule has 2 aromatic rings. The topological polar surface area (TPSA) is 68.3 Å². The minimum Gasteiger partial charge on any atom is -0.452 e. The van der Waals surface area contributed by atoms with Gasteiger partial charge in [0.2, 0.25) is 0 Å². The molecule has 6 heteroatoms. The zero-order valence-electron chi connectivity index (χ0n) is 11.7. The molecule has 0 saturated carbocycles. The molecule has 1 amide bonds. The van der Waals surface area contributed by atoms with Gasteiger partial charge in [-0.05, 0) is 26.0 Å². The molecule has 0 fully saturated rings. The molecular formula is C15H15ClN2O3. The lowest BCUT2D eigenvalue weighted by molar-refractivity contribution is -0.124. The van der Waals surface area contributed by atoms with Gasteiger partial charge >= 0.3 is 5.97 Å². The van der Waals surface area contributed by atoms with Crippen LogP contribution in [0.25, 0.3) is 10.9 Å². The van der Waals surface area contributed by atoms with Crippen LogP contribution in [0.4, 0.5) is 0 Å². The lowest BCUT2D eigenvalue weighted by atomic mass is 10.1. The number of amides is 1. The van der Waals surface area contributed by atoms with Crippen molar-refractivity contribution in [2.24, 2.45) is 0 Å². The SMILES string of the molecule is CC(C)NC(=O)COC(=O)c1cc(Cl)nc2ccccc12. The second-order valence-electron chi connectivity index (χ2n) is 4.81. The normalized spacial score (nSPS) is 10.7. The Bertz CT molecular complexity index is 686. The van der Waals surface area contributed by atoms with Gasteiger partial charge in [0, 0.05) is 11.4 Å². The minimum atomic E-state index is -0.602. The molecule has 0 saturated heterocycles. The van der Waals surface area contributed by atoms with Gasteiger partial charge < -0.3 is 10.1 Å². The number of para-hydroxylation sites is 1. The number of carbonyl (C=O) groups is 2. The van der Waals surface area contributed by atoms with Crippen LogP contribution in [-0.4, -0.2) is 29.5 Å². The van der Waals surface area contributed by atoms with Crippen molar-refractivity contribution in [2.75, 3.05) is 6.61 Å². The van der Waals surface area contributed by atoms with Crippen LogP contribution >= 0.6 is 11.6 Å².